The van der Waals surface area contributed by atoms with Gasteiger partial charge >= 0.3 is 0 Å². The first-order chi connectivity index (χ1) is 7.77. The van der Waals surface area contributed by atoms with E-state index in [2.05, 4.69) is 39.6 Å². The van der Waals surface area contributed by atoms with Gasteiger partial charge in [-0.05, 0) is 14.1 Å². The highest BCUT2D eigenvalue weighted by Gasteiger charge is 2.14. The van der Waals surface area contributed by atoms with Crippen molar-refractivity contribution in [1.29, 1.82) is 0 Å². The Hall–Kier alpha value is -1.20. The van der Waals surface area contributed by atoms with Crippen LogP contribution in [0.2, 0.25) is 0 Å². The minimum absolute atomic E-state index is 0.875. The van der Waals surface area contributed by atoms with E-state index in [0.717, 1.165) is 38.4 Å². The normalized spacial score (nSPS) is 14.9. The average Bonchev–Trinajstić information content (AvgIpc) is 2.29. The zero-order valence-electron chi connectivity index (χ0n) is 9.95. The zero-order valence-corrected chi connectivity index (χ0v) is 9.95. The highest BCUT2D eigenvalue weighted by atomic mass is 15.1. The van der Waals surface area contributed by atoms with Crippen molar-refractivity contribution in [3.05, 3.63) is 17.6 Å². The van der Waals surface area contributed by atoms with E-state index in [1.165, 1.54) is 11.3 Å². The highest BCUT2D eigenvalue weighted by Crippen LogP contribution is 2.17. The van der Waals surface area contributed by atoms with Crippen LogP contribution in [0.1, 0.15) is 11.3 Å². The number of rotatable bonds is 4. The molecule has 5 heteroatoms. The smallest absolute Gasteiger partial charge is 0.134 e. The summed E-state index contributed by atoms with van der Waals surface area (Å²) >= 11 is 0. The Bertz CT molecular complexity index is 350. The molecular weight excluding hydrogens is 202 g/mol. The van der Waals surface area contributed by atoms with Crippen LogP contribution in [-0.2, 0) is 13.0 Å². The molecule has 0 spiro atoms. The molecule has 1 aliphatic rings. The van der Waals surface area contributed by atoms with Crippen molar-refractivity contribution in [3.63, 3.8) is 0 Å². The molecule has 0 radical (unpaired) electrons. The molecule has 16 heavy (non-hydrogen) atoms. The summed E-state index contributed by atoms with van der Waals surface area (Å²) < 4.78 is 0. The van der Waals surface area contributed by atoms with Gasteiger partial charge in [-0.2, -0.15) is 0 Å². The van der Waals surface area contributed by atoms with Crippen LogP contribution in [-0.4, -0.2) is 48.6 Å². The van der Waals surface area contributed by atoms with Crippen molar-refractivity contribution >= 4 is 5.82 Å². The molecule has 0 saturated heterocycles. The Morgan fingerprint density at radius 2 is 2.31 bits per heavy atom. The van der Waals surface area contributed by atoms with E-state index in [1.54, 1.807) is 6.33 Å². The molecule has 5 nitrogen and oxygen atoms in total. The summed E-state index contributed by atoms with van der Waals surface area (Å²) in [5, 5.41) is 6.72. The van der Waals surface area contributed by atoms with Gasteiger partial charge in [-0.1, -0.05) is 0 Å². The maximum atomic E-state index is 4.32. The Balaban J connectivity index is 2.03. The molecule has 2 N–H and O–H groups in total. The largest absolute Gasteiger partial charge is 0.368 e. The van der Waals surface area contributed by atoms with E-state index in [0.29, 0.717) is 0 Å². The van der Waals surface area contributed by atoms with Crippen LogP contribution >= 0.6 is 0 Å². The highest BCUT2D eigenvalue weighted by molar-refractivity contribution is 5.46. The average molecular weight is 221 g/mol. The Kier molecular flexibility index (Phi) is 3.69. The molecule has 0 aliphatic carbocycles. The van der Waals surface area contributed by atoms with Gasteiger partial charge in [-0.3, -0.25) is 0 Å². The summed E-state index contributed by atoms with van der Waals surface area (Å²) in [6, 6.07) is 0. The van der Waals surface area contributed by atoms with Gasteiger partial charge in [0.25, 0.3) is 0 Å². The van der Waals surface area contributed by atoms with Gasteiger partial charge in [0.2, 0.25) is 0 Å². The molecule has 0 unspecified atom stereocenters. The summed E-state index contributed by atoms with van der Waals surface area (Å²) in [4.78, 5) is 10.8. The Morgan fingerprint density at radius 1 is 1.44 bits per heavy atom. The number of fused-ring (bicyclic) bond motifs is 1. The quantitative estimate of drug-likeness (QED) is 0.755. The second-order valence-electron chi connectivity index (χ2n) is 4.30. The number of hydrogen-bond donors (Lipinski definition) is 2. The molecule has 0 fully saturated rings. The molecule has 2 heterocycles. The lowest BCUT2D eigenvalue weighted by molar-refractivity contribution is 0.425. The molecule has 0 bridgehead atoms. The van der Waals surface area contributed by atoms with Crippen LogP contribution < -0.4 is 10.6 Å². The van der Waals surface area contributed by atoms with Gasteiger partial charge in [0.05, 0.1) is 5.69 Å². The number of hydrogen-bond acceptors (Lipinski definition) is 5. The number of likely N-dealkylation sites (N-methyl/N-ethyl adjacent to an activating group) is 1. The molecule has 1 aromatic heterocycles. The van der Waals surface area contributed by atoms with Crippen LogP contribution in [0.4, 0.5) is 5.82 Å². The topological polar surface area (TPSA) is 53.1 Å². The molecule has 2 rings (SSSR count). The van der Waals surface area contributed by atoms with Crippen molar-refractivity contribution in [1.82, 2.24) is 20.2 Å². The lowest BCUT2D eigenvalue weighted by Crippen LogP contribution is -2.27. The van der Waals surface area contributed by atoms with Crippen molar-refractivity contribution in [3.8, 4) is 0 Å². The van der Waals surface area contributed by atoms with Crippen molar-refractivity contribution in [2.75, 3.05) is 39.0 Å². The summed E-state index contributed by atoms with van der Waals surface area (Å²) in [6.07, 6.45) is 2.66. The fourth-order valence-electron chi connectivity index (χ4n) is 1.82. The van der Waals surface area contributed by atoms with E-state index in [9.17, 15) is 0 Å². The van der Waals surface area contributed by atoms with Crippen LogP contribution in [0.25, 0.3) is 0 Å². The first-order valence-corrected chi connectivity index (χ1v) is 5.69. The first kappa shape index (κ1) is 11.3. The summed E-state index contributed by atoms with van der Waals surface area (Å²) in [5.41, 5.74) is 2.41. The standard InChI is InChI=1S/C11H19N5/c1-16(2)6-5-13-11-9-7-12-4-3-10(9)14-8-15-11/h8,12H,3-7H2,1-2H3,(H,13,14,15). The minimum Gasteiger partial charge on any atom is -0.368 e. The van der Waals surface area contributed by atoms with Gasteiger partial charge < -0.3 is 15.5 Å². The third kappa shape index (κ3) is 2.68. The summed E-state index contributed by atoms with van der Waals surface area (Å²) in [7, 11) is 4.14. The lowest BCUT2D eigenvalue weighted by atomic mass is 10.1. The maximum absolute atomic E-state index is 4.32. The third-order valence-corrected chi connectivity index (χ3v) is 2.73. The summed E-state index contributed by atoms with van der Waals surface area (Å²) in [5.74, 6) is 0.985. The monoisotopic (exact) mass is 221 g/mol. The predicted octanol–water partition coefficient (Wildman–Crippen LogP) is 0.0958. The van der Waals surface area contributed by atoms with E-state index in [4.69, 9.17) is 0 Å². The van der Waals surface area contributed by atoms with Crippen LogP contribution in [0.3, 0.4) is 0 Å². The second-order valence-corrected chi connectivity index (χ2v) is 4.30. The fourth-order valence-corrected chi connectivity index (χ4v) is 1.82. The van der Waals surface area contributed by atoms with E-state index in [1.807, 2.05) is 0 Å². The third-order valence-electron chi connectivity index (χ3n) is 2.73. The van der Waals surface area contributed by atoms with Crippen LogP contribution in [0.15, 0.2) is 6.33 Å². The van der Waals surface area contributed by atoms with Crippen molar-refractivity contribution in [2.45, 2.75) is 13.0 Å². The van der Waals surface area contributed by atoms with Gasteiger partial charge in [-0.15, -0.1) is 0 Å². The van der Waals surface area contributed by atoms with E-state index < -0.39 is 0 Å². The molecule has 0 atom stereocenters. The molecule has 0 aromatic carbocycles. The van der Waals surface area contributed by atoms with Gasteiger partial charge in [-0.25, -0.2) is 9.97 Å². The second kappa shape index (κ2) is 5.23. The molecule has 1 aliphatic heterocycles. The van der Waals surface area contributed by atoms with E-state index >= 15 is 0 Å². The number of nitrogens with one attached hydrogen (secondary N) is 2. The van der Waals surface area contributed by atoms with Crippen molar-refractivity contribution < 1.29 is 0 Å². The molecule has 1 aromatic rings. The molecule has 0 amide bonds. The lowest BCUT2D eigenvalue weighted by Gasteiger charge is -2.19. The van der Waals surface area contributed by atoms with Gasteiger partial charge in [0.1, 0.15) is 12.1 Å². The number of nitrogens with zero attached hydrogens (tertiary/aromatic N) is 3. The van der Waals surface area contributed by atoms with Crippen LogP contribution in [0, 0.1) is 0 Å². The number of anilines is 1. The minimum atomic E-state index is 0.875. The molecular formula is C11H19N5. The van der Waals surface area contributed by atoms with E-state index in [-0.39, 0.29) is 0 Å². The summed E-state index contributed by atoms with van der Waals surface area (Å²) in [6.45, 7) is 3.81. The predicted molar refractivity (Wildman–Crippen MR) is 64.5 cm³/mol. The molecule has 88 valence electrons. The Morgan fingerprint density at radius 3 is 3.12 bits per heavy atom. The molecule has 0 saturated carbocycles. The van der Waals surface area contributed by atoms with Crippen molar-refractivity contribution in [2.24, 2.45) is 0 Å². The number of aromatic nitrogens is 2. The maximum Gasteiger partial charge on any atom is 0.134 e. The van der Waals surface area contributed by atoms with Crippen LogP contribution in [0.5, 0.6) is 0 Å². The SMILES string of the molecule is CN(C)CCNc1ncnc2c1CNCC2. The zero-order chi connectivity index (χ0) is 11.4. The first-order valence-electron chi connectivity index (χ1n) is 5.69. The Labute approximate surface area is 96.3 Å². The fraction of sp³-hybridized carbons (Fsp3) is 0.636. The van der Waals surface area contributed by atoms with Gasteiger partial charge in [0.15, 0.2) is 0 Å². The van der Waals surface area contributed by atoms with Gasteiger partial charge in [0, 0.05) is 38.2 Å².